The van der Waals surface area contributed by atoms with Gasteiger partial charge in [0.1, 0.15) is 6.61 Å². The van der Waals surface area contributed by atoms with Gasteiger partial charge < -0.3 is 9.64 Å². The monoisotopic (exact) mass is 219 g/mol. The Labute approximate surface area is 96.0 Å². The molecule has 1 aliphatic heterocycles. The van der Waals surface area contributed by atoms with E-state index in [4.69, 9.17) is 4.74 Å². The number of rotatable bonds is 3. The third kappa shape index (κ3) is 2.25. The number of hydrogen-bond donors (Lipinski definition) is 0. The van der Waals surface area contributed by atoms with Gasteiger partial charge in [0.25, 0.3) is 5.91 Å². The highest BCUT2D eigenvalue weighted by Crippen LogP contribution is 2.26. The van der Waals surface area contributed by atoms with Crippen molar-refractivity contribution in [2.75, 3.05) is 24.7 Å². The van der Waals surface area contributed by atoms with Crippen LogP contribution in [0.3, 0.4) is 0 Å². The van der Waals surface area contributed by atoms with Crippen molar-refractivity contribution in [1.29, 1.82) is 0 Å². The average molecular weight is 219 g/mol. The number of amides is 1. The quantitative estimate of drug-likeness (QED) is 0.778. The molecule has 0 atom stereocenters. The van der Waals surface area contributed by atoms with Crippen LogP contribution >= 0.6 is 0 Å². The summed E-state index contributed by atoms with van der Waals surface area (Å²) in [6.45, 7) is 3.48. The van der Waals surface area contributed by atoms with Crippen molar-refractivity contribution in [1.82, 2.24) is 0 Å². The second-order valence-electron chi connectivity index (χ2n) is 3.91. The molecule has 0 saturated heterocycles. The summed E-state index contributed by atoms with van der Waals surface area (Å²) in [6.07, 6.45) is 2.10. The largest absolute Gasteiger partial charge is 0.372 e. The molecule has 0 fully saturated rings. The molecule has 0 aromatic heterocycles. The summed E-state index contributed by atoms with van der Waals surface area (Å²) in [4.78, 5) is 13.8. The number of hydrogen-bond acceptors (Lipinski definition) is 2. The zero-order valence-electron chi connectivity index (χ0n) is 9.61. The van der Waals surface area contributed by atoms with E-state index in [0.717, 1.165) is 25.1 Å². The number of aryl methyl sites for hydroxylation is 1. The van der Waals surface area contributed by atoms with Crippen molar-refractivity contribution in [3.8, 4) is 0 Å². The molecular weight excluding hydrogens is 202 g/mol. The van der Waals surface area contributed by atoms with Crippen LogP contribution in [0.4, 0.5) is 5.69 Å². The maximum atomic E-state index is 11.9. The van der Waals surface area contributed by atoms with Gasteiger partial charge in [0.2, 0.25) is 0 Å². The van der Waals surface area contributed by atoms with Crippen LogP contribution in [0.25, 0.3) is 0 Å². The van der Waals surface area contributed by atoms with Gasteiger partial charge in [-0.05, 0) is 31.4 Å². The summed E-state index contributed by atoms with van der Waals surface area (Å²) >= 11 is 0. The van der Waals surface area contributed by atoms with E-state index in [1.165, 1.54) is 5.56 Å². The lowest BCUT2D eigenvalue weighted by Crippen LogP contribution is -2.37. The molecule has 0 aliphatic carbocycles. The lowest BCUT2D eigenvalue weighted by Gasteiger charge is -2.29. The number of fused-ring (bicyclic) bond motifs is 1. The number of carbonyl (C=O) groups is 1. The summed E-state index contributed by atoms with van der Waals surface area (Å²) in [5.41, 5.74) is 2.32. The molecule has 0 unspecified atom stereocenters. The van der Waals surface area contributed by atoms with Crippen molar-refractivity contribution in [3.05, 3.63) is 29.8 Å². The molecule has 0 N–H and O–H groups in total. The van der Waals surface area contributed by atoms with Crippen molar-refractivity contribution in [2.24, 2.45) is 0 Å². The van der Waals surface area contributed by atoms with Crippen LogP contribution in [0.5, 0.6) is 0 Å². The first kappa shape index (κ1) is 11.1. The van der Waals surface area contributed by atoms with E-state index in [9.17, 15) is 4.79 Å². The van der Waals surface area contributed by atoms with E-state index in [-0.39, 0.29) is 12.5 Å². The van der Waals surface area contributed by atoms with Crippen molar-refractivity contribution >= 4 is 11.6 Å². The van der Waals surface area contributed by atoms with Gasteiger partial charge in [-0.15, -0.1) is 0 Å². The second-order valence-corrected chi connectivity index (χ2v) is 3.91. The van der Waals surface area contributed by atoms with E-state index in [1.54, 1.807) is 0 Å². The molecule has 1 aromatic carbocycles. The van der Waals surface area contributed by atoms with Gasteiger partial charge in [-0.3, -0.25) is 4.79 Å². The highest BCUT2D eigenvalue weighted by atomic mass is 16.5. The Balaban J connectivity index is 2.15. The first-order valence-corrected chi connectivity index (χ1v) is 5.79. The normalized spacial score (nSPS) is 14.7. The summed E-state index contributed by atoms with van der Waals surface area (Å²) < 4.78 is 5.17. The molecular formula is C13H17NO2. The molecule has 3 nitrogen and oxygen atoms in total. The zero-order valence-corrected chi connectivity index (χ0v) is 9.61. The Morgan fingerprint density at radius 2 is 2.25 bits per heavy atom. The number of benzene rings is 1. The van der Waals surface area contributed by atoms with Gasteiger partial charge in [0, 0.05) is 18.8 Å². The van der Waals surface area contributed by atoms with Crippen LogP contribution in [0, 0.1) is 0 Å². The van der Waals surface area contributed by atoms with Gasteiger partial charge in [-0.1, -0.05) is 18.2 Å². The van der Waals surface area contributed by atoms with Crippen LogP contribution in [-0.2, 0) is 16.0 Å². The Morgan fingerprint density at radius 3 is 3.06 bits per heavy atom. The molecule has 0 bridgehead atoms. The van der Waals surface area contributed by atoms with Crippen molar-refractivity contribution in [3.63, 3.8) is 0 Å². The standard InChI is InChI=1S/C13H17NO2/c1-2-16-10-13(15)14-9-5-7-11-6-3-4-8-12(11)14/h3-4,6,8H,2,5,7,9-10H2,1H3. The lowest BCUT2D eigenvalue weighted by molar-refractivity contribution is -0.123. The first-order chi connectivity index (χ1) is 7.83. The second kappa shape index (κ2) is 5.12. The number of carbonyl (C=O) groups excluding carboxylic acids is 1. The molecule has 16 heavy (non-hydrogen) atoms. The molecule has 0 spiro atoms. The molecule has 0 saturated carbocycles. The minimum atomic E-state index is 0.0639. The van der Waals surface area contributed by atoms with Crippen molar-refractivity contribution < 1.29 is 9.53 Å². The van der Waals surface area contributed by atoms with Crippen LogP contribution in [-0.4, -0.2) is 25.7 Å². The van der Waals surface area contributed by atoms with Gasteiger partial charge in [-0.2, -0.15) is 0 Å². The van der Waals surface area contributed by atoms with Crippen LogP contribution < -0.4 is 4.90 Å². The fourth-order valence-electron chi connectivity index (χ4n) is 2.06. The summed E-state index contributed by atoms with van der Waals surface area (Å²) in [5, 5.41) is 0. The highest BCUT2D eigenvalue weighted by Gasteiger charge is 2.21. The van der Waals surface area contributed by atoms with Gasteiger partial charge in [0.05, 0.1) is 0 Å². The Bertz CT molecular complexity index is 376. The van der Waals surface area contributed by atoms with Crippen molar-refractivity contribution in [2.45, 2.75) is 19.8 Å². The van der Waals surface area contributed by atoms with E-state index in [0.29, 0.717) is 6.61 Å². The first-order valence-electron chi connectivity index (χ1n) is 5.79. The SMILES string of the molecule is CCOCC(=O)N1CCCc2ccccc21. The van der Waals surface area contributed by atoms with E-state index in [1.807, 2.05) is 30.0 Å². The number of para-hydroxylation sites is 1. The lowest BCUT2D eigenvalue weighted by atomic mass is 10.0. The summed E-state index contributed by atoms with van der Waals surface area (Å²) in [7, 11) is 0. The topological polar surface area (TPSA) is 29.5 Å². The Morgan fingerprint density at radius 1 is 1.44 bits per heavy atom. The third-order valence-corrected chi connectivity index (χ3v) is 2.84. The number of ether oxygens (including phenoxy) is 1. The minimum absolute atomic E-state index is 0.0639. The maximum Gasteiger partial charge on any atom is 0.252 e. The smallest absolute Gasteiger partial charge is 0.252 e. The number of anilines is 1. The van der Waals surface area contributed by atoms with Crippen LogP contribution in [0.2, 0.25) is 0 Å². The molecule has 2 rings (SSSR count). The van der Waals surface area contributed by atoms with Crippen LogP contribution in [0.15, 0.2) is 24.3 Å². The van der Waals surface area contributed by atoms with E-state index >= 15 is 0 Å². The van der Waals surface area contributed by atoms with Gasteiger partial charge in [0.15, 0.2) is 0 Å². The van der Waals surface area contributed by atoms with E-state index < -0.39 is 0 Å². The fourth-order valence-corrected chi connectivity index (χ4v) is 2.06. The predicted molar refractivity (Wildman–Crippen MR) is 63.6 cm³/mol. The maximum absolute atomic E-state index is 11.9. The molecule has 3 heteroatoms. The minimum Gasteiger partial charge on any atom is -0.372 e. The Kier molecular flexibility index (Phi) is 3.57. The highest BCUT2D eigenvalue weighted by molar-refractivity contribution is 5.95. The fraction of sp³-hybridized carbons (Fsp3) is 0.462. The molecule has 1 aliphatic rings. The van der Waals surface area contributed by atoms with Crippen LogP contribution in [0.1, 0.15) is 18.9 Å². The predicted octanol–water partition coefficient (Wildman–Crippen LogP) is 2.00. The third-order valence-electron chi connectivity index (χ3n) is 2.84. The van der Waals surface area contributed by atoms with Gasteiger partial charge in [-0.25, -0.2) is 0 Å². The Hall–Kier alpha value is -1.35. The molecule has 86 valence electrons. The number of nitrogens with zero attached hydrogens (tertiary/aromatic N) is 1. The molecule has 1 heterocycles. The molecule has 0 radical (unpaired) electrons. The van der Waals surface area contributed by atoms with Gasteiger partial charge >= 0.3 is 0 Å². The molecule has 1 aromatic rings. The average Bonchev–Trinajstić information content (AvgIpc) is 2.35. The zero-order chi connectivity index (χ0) is 11.4. The van der Waals surface area contributed by atoms with E-state index in [2.05, 4.69) is 6.07 Å². The summed E-state index contributed by atoms with van der Waals surface area (Å²) in [5.74, 6) is 0.0639. The molecule has 1 amide bonds. The summed E-state index contributed by atoms with van der Waals surface area (Å²) in [6, 6.07) is 8.11.